The second kappa shape index (κ2) is 9.48. The summed E-state index contributed by atoms with van der Waals surface area (Å²) in [5.74, 6) is 0.471. The number of hydrogen-bond acceptors (Lipinski definition) is 5. The van der Waals surface area contributed by atoms with Gasteiger partial charge in [0, 0.05) is 36.6 Å². The fourth-order valence-electron chi connectivity index (χ4n) is 3.67. The second-order valence-electron chi connectivity index (χ2n) is 7.76. The van der Waals surface area contributed by atoms with Crippen molar-refractivity contribution in [2.24, 2.45) is 0 Å². The Morgan fingerprint density at radius 2 is 2.03 bits per heavy atom. The molecule has 0 fully saturated rings. The van der Waals surface area contributed by atoms with E-state index in [2.05, 4.69) is 15.3 Å². The topological polar surface area (TPSA) is 73.3 Å². The maximum atomic E-state index is 12.7. The summed E-state index contributed by atoms with van der Waals surface area (Å²) in [4.78, 5) is 20.8. The number of carbonyl (C=O) groups excluding carboxylic acids is 1. The third-order valence-corrected chi connectivity index (χ3v) is 5.30. The van der Waals surface area contributed by atoms with Crippen LogP contribution in [0.25, 0.3) is 11.1 Å². The van der Waals surface area contributed by atoms with Crippen LogP contribution in [0.15, 0.2) is 55.0 Å². The summed E-state index contributed by atoms with van der Waals surface area (Å²) in [6, 6.07) is 10.4. The first-order valence-electron chi connectivity index (χ1n) is 10.4. The predicted molar refractivity (Wildman–Crippen MR) is 115 cm³/mol. The SMILES string of the molecule is Cc1cnccc1-c1cccc2c1C[C@H](NC(=O)c1ccc(OCCC(F)(F)F)nc1)CO2. The normalized spacial score (nSPS) is 15.3. The summed E-state index contributed by atoms with van der Waals surface area (Å²) >= 11 is 0. The molecule has 0 aliphatic carbocycles. The predicted octanol–water partition coefficient (Wildman–Crippen LogP) is 4.52. The van der Waals surface area contributed by atoms with Crippen molar-refractivity contribution in [3.8, 4) is 22.8 Å². The molecule has 0 bridgehead atoms. The maximum absolute atomic E-state index is 12.7. The van der Waals surface area contributed by atoms with Crippen molar-refractivity contribution in [2.75, 3.05) is 13.2 Å². The molecule has 2 aromatic heterocycles. The number of rotatable bonds is 6. The molecule has 1 atom stereocenters. The lowest BCUT2D eigenvalue weighted by molar-refractivity contribution is -0.139. The van der Waals surface area contributed by atoms with Crippen molar-refractivity contribution in [1.29, 1.82) is 0 Å². The lowest BCUT2D eigenvalue weighted by Gasteiger charge is -2.28. The highest BCUT2D eigenvalue weighted by atomic mass is 19.4. The molecule has 0 spiro atoms. The average Bonchev–Trinajstić information content (AvgIpc) is 2.79. The number of hydrogen-bond donors (Lipinski definition) is 1. The Balaban J connectivity index is 1.42. The van der Waals surface area contributed by atoms with Crippen LogP contribution in [0.5, 0.6) is 11.6 Å². The Morgan fingerprint density at radius 1 is 1.18 bits per heavy atom. The number of amides is 1. The van der Waals surface area contributed by atoms with Crippen LogP contribution in [0.4, 0.5) is 13.2 Å². The van der Waals surface area contributed by atoms with E-state index in [1.807, 2.05) is 31.2 Å². The summed E-state index contributed by atoms with van der Waals surface area (Å²) in [6.45, 7) is 1.79. The number of ether oxygens (including phenoxy) is 2. The molecule has 0 unspecified atom stereocenters. The fraction of sp³-hybridized carbons (Fsp3) is 0.292. The minimum Gasteiger partial charge on any atom is -0.491 e. The second-order valence-corrected chi connectivity index (χ2v) is 7.76. The van der Waals surface area contributed by atoms with Gasteiger partial charge in [0.25, 0.3) is 5.91 Å². The molecule has 1 aliphatic heterocycles. The monoisotopic (exact) mass is 457 g/mol. The number of aryl methyl sites for hydroxylation is 1. The van der Waals surface area contributed by atoms with Gasteiger partial charge < -0.3 is 14.8 Å². The minimum absolute atomic E-state index is 0.0306. The van der Waals surface area contributed by atoms with E-state index < -0.39 is 19.2 Å². The van der Waals surface area contributed by atoms with Crippen LogP contribution in [0, 0.1) is 6.92 Å². The molecule has 0 radical (unpaired) electrons. The van der Waals surface area contributed by atoms with Crippen LogP contribution in [-0.4, -0.2) is 41.3 Å². The van der Waals surface area contributed by atoms with E-state index in [9.17, 15) is 18.0 Å². The molecular formula is C24H22F3N3O3. The fourth-order valence-corrected chi connectivity index (χ4v) is 3.67. The van der Waals surface area contributed by atoms with Crippen LogP contribution >= 0.6 is 0 Å². The van der Waals surface area contributed by atoms with E-state index >= 15 is 0 Å². The molecule has 0 saturated carbocycles. The number of fused-ring (bicyclic) bond motifs is 1. The van der Waals surface area contributed by atoms with Gasteiger partial charge in [-0.1, -0.05) is 12.1 Å². The van der Waals surface area contributed by atoms with E-state index in [-0.39, 0.29) is 23.4 Å². The van der Waals surface area contributed by atoms with Gasteiger partial charge in [0.05, 0.1) is 24.6 Å². The number of benzene rings is 1. The van der Waals surface area contributed by atoms with Crippen molar-refractivity contribution in [2.45, 2.75) is 32.0 Å². The number of nitrogens with one attached hydrogen (secondary N) is 1. The number of halogens is 3. The molecule has 0 saturated heterocycles. The zero-order chi connectivity index (χ0) is 23.4. The maximum Gasteiger partial charge on any atom is 0.392 e. The van der Waals surface area contributed by atoms with Gasteiger partial charge in [-0.15, -0.1) is 0 Å². The van der Waals surface area contributed by atoms with Gasteiger partial charge in [-0.2, -0.15) is 13.2 Å². The summed E-state index contributed by atoms with van der Waals surface area (Å²) in [5, 5.41) is 2.95. The quantitative estimate of drug-likeness (QED) is 0.589. The van der Waals surface area contributed by atoms with Crippen LogP contribution in [0.2, 0.25) is 0 Å². The van der Waals surface area contributed by atoms with Crippen LogP contribution in [0.3, 0.4) is 0 Å². The summed E-state index contributed by atoms with van der Waals surface area (Å²) in [6.07, 6.45) is 0.0552. The van der Waals surface area contributed by atoms with E-state index in [1.165, 1.54) is 18.3 Å². The summed E-state index contributed by atoms with van der Waals surface area (Å²) in [5.41, 5.74) is 4.42. The third kappa shape index (κ3) is 5.60. The zero-order valence-electron chi connectivity index (χ0n) is 17.9. The van der Waals surface area contributed by atoms with Crippen LogP contribution < -0.4 is 14.8 Å². The van der Waals surface area contributed by atoms with Crippen molar-refractivity contribution < 1.29 is 27.4 Å². The molecule has 1 N–H and O–H groups in total. The Hall–Kier alpha value is -3.62. The molecule has 3 aromatic rings. The van der Waals surface area contributed by atoms with Gasteiger partial charge in [-0.3, -0.25) is 9.78 Å². The molecule has 1 aromatic carbocycles. The van der Waals surface area contributed by atoms with Crippen LogP contribution in [-0.2, 0) is 6.42 Å². The molecule has 9 heteroatoms. The van der Waals surface area contributed by atoms with Gasteiger partial charge in [0.2, 0.25) is 5.88 Å². The van der Waals surface area contributed by atoms with Crippen molar-refractivity contribution in [3.05, 3.63) is 71.7 Å². The van der Waals surface area contributed by atoms with Gasteiger partial charge in [-0.05, 0) is 41.8 Å². The Morgan fingerprint density at radius 3 is 2.76 bits per heavy atom. The van der Waals surface area contributed by atoms with Gasteiger partial charge in [-0.25, -0.2) is 4.98 Å². The first-order valence-corrected chi connectivity index (χ1v) is 10.4. The van der Waals surface area contributed by atoms with Crippen molar-refractivity contribution in [1.82, 2.24) is 15.3 Å². The first-order chi connectivity index (χ1) is 15.8. The third-order valence-electron chi connectivity index (χ3n) is 5.30. The van der Waals surface area contributed by atoms with E-state index in [1.54, 1.807) is 12.4 Å². The molecule has 3 heterocycles. The standard InChI is InChI=1S/C24H22F3N3O3/c1-15-12-28-9-7-18(15)19-3-2-4-21-20(19)11-17(14-33-21)30-23(31)16-5-6-22(29-13-16)32-10-8-24(25,26)27/h2-7,9,12-13,17H,8,10-11,14H2,1H3,(H,30,31)/t17-/m0/s1. The minimum atomic E-state index is -4.30. The van der Waals surface area contributed by atoms with Gasteiger partial charge in [0.1, 0.15) is 12.4 Å². The highest BCUT2D eigenvalue weighted by Gasteiger charge is 2.27. The highest BCUT2D eigenvalue weighted by Crippen LogP contribution is 2.35. The Bertz CT molecular complexity index is 1130. The largest absolute Gasteiger partial charge is 0.491 e. The summed E-state index contributed by atoms with van der Waals surface area (Å²) < 4.78 is 47.5. The lowest BCUT2D eigenvalue weighted by atomic mass is 9.91. The Labute approximate surface area is 188 Å². The van der Waals surface area contributed by atoms with Crippen LogP contribution in [0.1, 0.15) is 27.9 Å². The van der Waals surface area contributed by atoms with E-state index in [0.717, 1.165) is 28.0 Å². The molecule has 172 valence electrons. The molecule has 1 amide bonds. The number of pyridine rings is 2. The highest BCUT2D eigenvalue weighted by molar-refractivity contribution is 5.94. The molecular weight excluding hydrogens is 435 g/mol. The number of aromatic nitrogens is 2. The van der Waals surface area contributed by atoms with Crippen molar-refractivity contribution >= 4 is 5.91 Å². The lowest BCUT2D eigenvalue weighted by Crippen LogP contribution is -2.42. The van der Waals surface area contributed by atoms with Crippen molar-refractivity contribution in [3.63, 3.8) is 0 Å². The van der Waals surface area contributed by atoms with Gasteiger partial charge >= 0.3 is 6.18 Å². The average molecular weight is 457 g/mol. The number of nitrogens with zero attached hydrogens (tertiary/aromatic N) is 2. The van der Waals surface area contributed by atoms with E-state index in [4.69, 9.17) is 9.47 Å². The smallest absolute Gasteiger partial charge is 0.392 e. The van der Waals surface area contributed by atoms with Gasteiger partial charge in [0.15, 0.2) is 0 Å². The molecule has 33 heavy (non-hydrogen) atoms. The number of alkyl halides is 3. The summed E-state index contributed by atoms with van der Waals surface area (Å²) in [7, 11) is 0. The number of carbonyl (C=O) groups is 1. The van der Waals surface area contributed by atoms with E-state index in [0.29, 0.717) is 13.0 Å². The molecule has 6 nitrogen and oxygen atoms in total. The Kier molecular flexibility index (Phi) is 6.48. The molecule has 1 aliphatic rings. The first kappa shape index (κ1) is 22.6. The zero-order valence-corrected chi connectivity index (χ0v) is 17.9. The molecule has 4 rings (SSSR count).